The van der Waals surface area contributed by atoms with Gasteiger partial charge in [0.25, 0.3) is 5.91 Å². The highest BCUT2D eigenvalue weighted by molar-refractivity contribution is 6.15. The van der Waals surface area contributed by atoms with Crippen LogP contribution >= 0.6 is 0 Å². The van der Waals surface area contributed by atoms with Crippen LogP contribution in [-0.2, 0) is 9.59 Å². The molecule has 1 aromatic carbocycles. The van der Waals surface area contributed by atoms with E-state index in [0.717, 1.165) is 0 Å². The third-order valence-electron chi connectivity index (χ3n) is 4.16. The van der Waals surface area contributed by atoms with Crippen molar-refractivity contribution in [2.24, 2.45) is 0 Å². The van der Waals surface area contributed by atoms with E-state index < -0.39 is 11.6 Å². The van der Waals surface area contributed by atoms with Crippen LogP contribution in [0.5, 0.6) is 0 Å². The summed E-state index contributed by atoms with van der Waals surface area (Å²) >= 11 is 0. The lowest BCUT2D eigenvalue weighted by Crippen LogP contribution is -2.68. The maximum atomic E-state index is 12.7. The number of para-hydroxylation sites is 1. The molecular weight excluding hydrogens is 272 g/mol. The Morgan fingerprint density at radius 1 is 1.33 bits per heavy atom. The van der Waals surface area contributed by atoms with Crippen LogP contribution in [0.3, 0.4) is 0 Å². The van der Waals surface area contributed by atoms with Gasteiger partial charge in [-0.3, -0.25) is 14.5 Å². The van der Waals surface area contributed by atoms with Gasteiger partial charge in [0.15, 0.2) is 0 Å². The zero-order valence-corrected chi connectivity index (χ0v) is 11.7. The van der Waals surface area contributed by atoms with Crippen LogP contribution in [0.1, 0.15) is 36.5 Å². The average Bonchev–Trinajstić information content (AvgIpc) is 2.82. The Morgan fingerprint density at radius 3 is 2.71 bits per heavy atom. The third-order valence-corrected chi connectivity index (χ3v) is 4.16. The molecule has 0 saturated carbocycles. The van der Waals surface area contributed by atoms with Crippen molar-refractivity contribution in [1.82, 2.24) is 4.90 Å². The Bertz CT molecular complexity index is 642. The number of carbonyl (C=O) groups excluding carboxylic acids is 2. The number of amides is 2. The number of hydrogen-bond donors (Lipinski definition) is 1. The molecule has 1 saturated heterocycles. The Hall–Kier alpha value is -2.37. The standard InChI is InChI=1S/C15H16N2O4/c1-2-9-16-13(19)10-5-3-4-6-11(10)17-12(18)7-8-15(16,17)14(20)21/h3-6H,2,7-9H2,1H3,(H,20,21)/t15-/m0/s1. The first-order valence-electron chi connectivity index (χ1n) is 7.01. The number of anilines is 1. The van der Waals surface area contributed by atoms with Crippen molar-refractivity contribution >= 4 is 23.5 Å². The molecule has 0 aliphatic carbocycles. The first-order valence-corrected chi connectivity index (χ1v) is 7.01. The molecule has 0 bridgehead atoms. The van der Waals surface area contributed by atoms with E-state index in [1.165, 1.54) is 9.80 Å². The molecule has 2 aliphatic heterocycles. The van der Waals surface area contributed by atoms with Crippen molar-refractivity contribution in [3.05, 3.63) is 29.8 Å². The number of carboxylic acids is 1. The lowest BCUT2D eigenvalue weighted by Gasteiger charge is -2.47. The van der Waals surface area contributed by atoms with Gasteiger partial charge >= 0.3 is 5.97 Å². The highest BCUT2D eigenvalue weighted by atomic mass is 16.4. The number of carboxylic acid groups (broad SMARTS) is 1. The molecule has 1 N–H and O–H groups in total. The molecule has 1 aromatic rings. The highest BCUT2D eigenvalue weighted by Gasteiger charge is 2.60. The molecule has 0 aromatic heterocycles. The van der Waals surface area contributed by atoms with E-state index >= 15 is 0 Å². The van der Waals surface area contributed by atoms with Crippen LogP contribution in [0.25, 0.3) is 0 Å². The highest BCUT2D eigenvalue weighted by Crippen LogP contribution is 2.44. The number of aliphatic carboxylic acids is 1. The monoisotopic (exact) mass is 288 g/mol. The molecule has 2 aliphatic rings. The third kappa shape index (κ3) is 1.62. The van der Waals surface area contributed by atoms with E-state index in [1.54, 1.807) is 24.3 Å². The second kappa shape index (κ2) is 4.58. The topological polar surface area (TPSA) is 77.9 Å². The minimum Gasteiger partial charge on any atom is -0.478 e. The lowest BCUT2D eigenvalue weighted by atomic mass is 9.96. The molecular formula is C15H16N2O4. The van der Waals surface area contributed by atoms with Crippen LogP contribution in [0.15, 0.2) is 24.3 Å². The summed E-state index contributed by atoms with van der Waals surface area (Å²) in [4.78, 5) is 39.5. The smallest absolute Gasteiger partial charge is 0.351 e. The van der Waals surface area contributed by atoms with Gasteiger partial charge in [-0.1, -0.05) is 19.1 Å². The fraction of sp³-hybridized carbons (Fsp3) is 0.400. The summed E-state index contributed by atoms with van der Waals surface area (Å²) in [6.45, 7) is 2.19. The predicted octanol–water partition coefficient (Wildman–Crippen LogP) is 1.46. The lowest BCUT2D eigenvalue weighted by molar-refractivity contribution is -0.150. The molecule has 21 heavy (non-hydrogen) atoms. The molecule has 6 heteroatoms. The zero-order chi connectivity index (χ0) is 15.2. The van der Waals surface area contributed by atoms with Crippen molar-refractivity contribution in [2.75, 3.05) is 11.4 Å². The van der Waals surface area contributed by atoms with Crippen molar-refractivity contribution in [3.8, 4) is 0 Å². The summed E-state index contributed by atoms with van der Waals surface area (Å²) in [5.74, 6) is -1.72. The van der Waals surface area contributed by atoms with Crippen LogP contribution in [0.2, 0.25) is 0 Å². The zero-order valence-electron chi connectivity index (χ0n) is 11.7. The first kappa shape index (κ1) is 13.6. The minimum atomic E-state index is -1.57. The maximum absolute atomic E-state index is 12.7. The van der Waals surface area contributed by atoms with E-state index in [2.05, 4.69) is 0 Å². The van der Waals surface area contributed by atoms with Gasteiger partial charge in [0, 0.05) is 19.4 Å². The molecule has 0 radical (unpaired) electrons. The molecule has 110 valence electrons. The van der Waals surface area contributed by atoms with Gasteiger partial charge in [-0.15, -0.1) is 0 Å². The minimum absolute atomic E-state index is 0.126. The predicted molar refractivity (Wildman–Crippen MR) is 74.9 cm³/mol. The van der Waals surface area contributed by atoms with Crippen LogP contribution in [-0.4, -0.2) is 40.0 Å². The average molecular weight is 288 g/mol. The van der Waals surface area contributed by atoms with E-state index in [4.69, 9.17) is 0 Å². The Morgan fingerprint density at radius 2 is 2.05 bits per heavy atom. The SMILES string of the molecule is CCCN1C(=O)c2ccccc2N2C(=O)CC[C@]12C(=O)O. The number of benzene rings is 1. The van der Waals surface area contributed by atoms with Crippen LogP contribution in [0.4, 0.5) is 5.69 Å². The number of nitrogens with zero attached hydrogens (tertiary/aromatic N) is 2. The van der Waals surface area contributed by atoms with Gasteiger partial charge in [-0.25, -0.2) is 4.79 Å². The number of hydrogen-bond acceptors (Lipinski definition) is 3. The molecule has 6 nitrogen and oxygen atoms in total. The van der Waals surface area contributed by atoms with E-state index in [-0.39, 0.29) is 24.7 Å². The molecule has 2 amide bonds. The molecule has 0 unspecified atom stereocenters. The van der Waals surface area contributed by atoms with Crippen LogP contribution < -0.4 is 4.90 Å². The van der Waals surface area contributed by atoms with Gasteiger partial charge < -0.3 is 10.0 Å². The number of carbonyl (C=O) groups is 3. The number of rotatable bonds is 3. The summed E-state index contributed by atoms with van der Waals surface area (Å²) in [5, 5.41) is 9.77. The maximum Gasteiger partial charge on any atom is 0.351 e. The van der Waals surface area contributed by atoms with Crippen molar-refractivity contribution in [2.45, 2.75) is 31.8 Å². The van der Waals surface area contributed by atoms with Gasteiger partial charge in [-0.05, 0) is 18.6 Å². The second-order valence-electron chi connectivity index (χ2n) is 5.32. The van der Waals surface area contributed by atoms with Crippen molar-refractivity contribution in [3.63, 3.8) is 0 Å². The second-order valence-corrected chi connectivity index (χ2v) is 5.32. The van der Waals surface area contributed by atoms with Gasteiger partial charge in [0.2, 0.25) is 11.6 Å². The summed E-state index contributed by atoms with van der Waals surface area (Å²) < 4.78 is 0. The summed E-state index contributed by atoms with van der Waals surface area (Å²) in [6.07, 6.45) is 0.889. The first-order chi connectivity index (χ1) is 10.0. The number of fused-ring (bicyclic) bond motifs is 3. The fourth-order valence-electron chi connectivity index (χ4n) is 3.29. The molecule has 0 spiro atoms. The van der Waals surface area contributed by atoms with Gasteiger partial charge in [-0.2, -0.15) is 0 Å². The Balaban J connectivity index is 2.27. The van der Waals surface area contributed by atoms with Crippen molar-refractivity contribution in [1.29, 1.82) is 0 Å². The fourth-order valence-corrected chi connectivity index (χ4v) is 3.29. The molecule has 3 rings (SSSR count). The molecule has 1 atom stereocenters. The van der Waals surface area contributed by atoms with E-state index in [9.17, 15) is 19.5 Å². The quantitative estimate of drug-likeness (QED) is 0.913. The summed E-state index contributed by atoms with van der Waals surface area (Å²) in [5.41, 5.74) is -0.781. The normalized spacial score (nSPS) is 24.0. The molecule has 1 fully saturated rings. The van der Waals surface area contributed by atoms with Gasteiger partial charge in [0.05, 0.1) is 11.3 Å². The Kier molecular flexibility index (Phi) is 2.97. The van der Waals surface area contributed by atoms with Crippen LogP contribution in [0, 0.1) is 0 Å². The molecule has 2 heterocycles. The Labute approximate surface area is 122 Å². The van der Waals surface area contributed by atoms with E-state index in [0.29, 0.717) is 24.2 Å². The largest absolute Gasteiger partial charge is 0.478 e. The summed E-state index contributed by atoms with van der Waals surface area (Å²) in [6, 6.07) is 6.70. The van der Waals surface area contributed by atoms with Gasteiger partial charge in [0.1, 0.15) is 0 Å². The summed E-state index contributed by atoms with van der Waals surface area (Å²) in [7, 11) is 0. The van der Waals surface area contributed by atoms with Crippen molar-refractivity contribution < 1.29 is 19.5 Å². The van der Waals surface area contributed by atoms with E-state index in [1.807, 2.05) is 6.92 Å².